The summed E-state index contributed by atoms with van der Waals surface area (Å²) in [6.45, 7) is 5.38. The van der Waals surface area contributed by atoms with Crippen molar-refractivity contribution >= 4 is 5.78 Å². The molecular weight excluding hydrogens is 262 g/mol. The van der Waals surface area contributed by atoms with Crippen molar-refractivity contribution in [2.24, 2.45) is 5.73 Å². The van der Waals surface area contributed by atoms with Gasteiger partial charge in [-0.15, -0.1) is 0 Å². The highest BCUT2D eigenvalue weighted by Crippen LogP contribution is 2.12. The van der Waals surface area contributed by atoms with Crippen molar-refractivity contribution in [1.29, 1.82) is 0 Å². The molecule has 0 fully saturated rings. The van der Waals surface area contributed by atoms with Crippen molar-refractivity contribution in [3.63, 3.8) is 0 Å². The molecule has 2 N–H and O–H groups in total. The number of ketones is 1. The van der Waals surface area contributed by atoms with Crippen molar-refractivity contribution in [1.82, 2.24) is 9.78 Å². The lowest BCUT2D eigenvalue weighted by Gasteiger charge is -2.07. The Balaban J connectivity index is 2.09. The van der Waals surface area contributed by atoms with E-state index in [1.54, 1.807) is 0 Å². The number of nitrogens with zero attached hydrogens (tertiary/aromatic N) is 2. The van der Waals surface area contributed by atoms with Gasteiger partial charge in [-0.2, -0.15) is 5.10 Å². The molecule has 1 aromatic heterocycles. The van der Waals surface area contributed by atoms with Gasteiger partial charge in [0.25, 0.3) is 0 Å². The Morgan fingerprint density at radius 3 is 2.52 bits per heavy atom. The van der Waals surface area contributed by atoms with E-state index in [1.165, 1.54) is 0 Å². The Morgan fingerprint density at radius 2 is 1.90 bits per heavy atom. The van der Waals surface area contributed by atoms with E-state index in [1.807, 2.05) is 41.9 Å². The third-order valence-electron chi connectivity index (χ3n) is 3.68. The fourth-order valence-electron chi connectivity index (χ4n) is 2.51. The van der Waals surface area contributed by atoms with Gasteiger partial charge in [0.2, 0.25) is 0 Å². The third-order valence-corrected chi connectivity index (χ3v) is 3.68. The average molecular weight is 285 g/mol. The van der Waals surface area contributed by atoms with Crippen molar-refractivity contribution in [3.8, 4) is 0 Å². The highest BCUT2D eigenvalue weighted by Gasteiger charge is 2.12. The van der Waals surface area contributed by atoms with Gasteiger partial charge >= 0.3 is 0 Å². The summed E-state index contributed by atoms with van der Waals surface area (Å²) >= 11 is 0. The smallest absolute Gasteiger partial charge is 0.143 e. The maximum absolute atomic E-state index is 12.3. The van der Waals surface area contributed by atoms with Gasteiger partial charge in [-0.1, -0.05) is 31.2 Å². The number of Topliss-reactive ketones (excluding diaryl/α,β-unsaturated/α-hetero) is 1. The zero-order chi connectivity index (χ0) is 15.2. The van der Waals surface area contributed by atoms with E-state index in [0.717, 1.165) is 35.5 Å². The van der Waals surface area contributed by atoms with Crippen LogP contribution in [0.5, 0.6) is 0 Å². The summed E-state index contributed by atoms with van der Waals surface area (Å²) in [5.74, 6) is 0.202. The predicted molar refractivity (Wildman–Crippen MR) is 84.0 cm³/mol. The highest BCUT2D eigenvalue weighted by atomic mass is 16.1. The second-order valence-electron chi connectivity index (χ2n) is 5.16. The monoisotopic (exact) mass is 285 g/mol. The molecule has 0 aliphatic heterocycles. The highest BCUT2D eigenvalue weighted by molar-refractivity contribution is 5.83. The number of benzene rings is 1. The van der Waals surface area contributed by atoms with E-state index in [2.05, 4.69) is 12.0 Å². The van der Waals surface area contributed by atoms with Crippen molar-refractivity contribution in [2.75, 3.05) is 0 Å². The summed E-state index contributed by atoms with van der Waals surface area (Å²) in [4.78, 5) is 12.3. The van der Waals surface area contributed by atoms with Gasteiger partial charge in [-0.05, 0) is 30.5 Å². The molecule has 0 spiro atoms. The molecule has 0 aliphatic carbocycles. The average Bonchev–Trinajstić information content (AvgIpc) is 2.89. The lowest BCUT2D eigenvalue weighted by atomic mass is 10.0. The molecule has 2 rings (SSSR count). The largest absolute Gasteiger partial charge is 0.326 e. The minimum absolute atomic E-state index is 0.202. The van der Waals surface area contributed by atoms with Crippen LogP contribution in [0, 0.1) is 0 Å². The summed E-state index contributed by atoms with van der Waals surface area (Å²) in [5.41, 5.74) is 9.84. The minimum Gasteiger partial charge on any atom is -0.326 e. The van der Waals surface area contributed by atoms with E-state index in [9.17, 15) is 4.79 Å². The molecular formula is C17H23N3O. The summed E-state index contributed by atoms with van der Waals surface area (Å²) in [5, 5.41) is 4.49. The summed E-state index contributed by atoms with van der Waals surface area (Å²) in [7, 11) is 0. The Hall–Kier alpha value is -1.94. The number of nitrogens with two attached hydrogens (primary N) is 1. The van der Waals surface area contributed by atoms with Gasteiger partial charge in [-0.3, -0.25) is 9.48 Å². The first-order valence-electron chi connectivity index (χ1n) is 7.52. The van der Waals surface area contributed by atoms with Gasteiger partial charge in [0.1, 0.15) is 5.78 Å². The van der Waals surface area contributed by atoms with Crippen LogP contribution in [0.1, 0.15) is 36.4 Å². The van der Waals surface area contributed by atoms with Gasteiger partial charge in [0, 0.05) is 31.6 Å². The first-order valence-corrected chi connectivity index (χ1v) is 7.52. The van der Waals surface area contributed by atoms with E-state index in [4.69, 9.17) is 5.73 Å². The van der Waals surface area contributed by atoms with Crippen LogP contribution >= 0.6 is 0 Å². The molecule has 0 bridgehead atoms. The third kappa shape index (κ3) is 3.79. The molecule has 0 unspecified atom stereocenters. The molecule has 0 saturated heterocycles. The molecule has 4 nitrogen and oxygen atoms in total. The van der Waals surface area contributed by atoms with Crippen molar-refractivity contribution in [3.05, 3.63) is 52.8 Å². The predicted octanol–water partition coefficient (Wildman–Crippen LogP) is 2.28. The van der Waals surface area contributed by atoms with E-state index in [-0.39, 0.29) is 5.78 Å². The van der Waals surface area contributed by atoms with Crippen LogP contribution in [0.3, 0.4) is 0 Å². The SMILES string of the molecule is CCc1cc(CC(=O)Cc2ccccc2CN)n(CC)n1. The lowest BCUT2D eigenvalue weighted by Crippen LogP contribution is -2.13. The van der Waals surface area contributed by atoms with Crippen LogP contribution in [0.15, 0.2) is 30.3 Å². The van der Waals surface area contributed by atoms with Crippen LogP contribution in [-0.4, -0.2) is 15.6 Å². The van der Waals surface area contributed by atoms with Crippen molar-refractivity contribution < 1.29 is 4.79 Å². The van der Waals surface area contributed by atoms with E-state index in [0.29, 0.717) is 19.4 Å². The van der Waals surface area contributed by atoms with Crippen LogP contribution in [0.2, 0.25) is 0 Å². The van der Waals surface area contributed by atoms with E-state index < -0.39 is 0 Å². The number of hydrogen-bond acceptors (Lipinski definition) is 3. The summed E-state index contributed by atoms with van der Waals surface area (Å²) < 4.78 is 1.92. The zero-order valence-corrected chi connectivity index (χ0v) is 12.8. The van der Waals surface area contributed by atoms with Gasteiger partial charge in [0.05, 0.1) is 5.69 Å². The first-order chi connectivity index (χ1) is 10.2. The standard InChI is InChI=1S/C17H23N3O/c1-3-15-10-16(20(4-2)19-15)11-17(21)9-13-7-5-6-8-14(13)12-18/h5-8,10H,3-4,9,11-12,18H2,1-2H3. The number of hydrogen-bond donors (Lipinski definition) is 1. The Bertz CT molecular complexity index is 616. The fraction of sp³-hybridized carbons (Fsp3) is 0.412. The van der Waals surface area contributed by atoms with Gasteiger partial charge in [-0.25, -0.2) is 0 Å². The summed E-state index contributed by atoms with van der Waals surface area (Å²) in [6.07, 6.45) is 1.76. The molecule has 1 heterocycles. The van der Waals surface area contributed by atoms with Crippen LogP contribution in [0.4, 0.5) is 0 Å². The number of aromatic nitrogens is 2. The quantitative estimate of drug-likeness (QED) is 0.849. The molecule has 2 aromatic rings. The fourth-order valence-corrected chi connectivity index (χ4v) is 2.51. The maximum Gasteiger partial charge on any atom is 0.143 e. The molecule has 0 aliphatic rings. The summed E-state index contributed by atoms with van der Waals surface area (Å²) in [6, 6.07) is 9.90. The lowest BCUT2D eigenvalue weighted by molar-refractivity contribution is -0.117. The maximum atomic E-state index is 12.3. The second kappa shape index (κ2) is 7.18. The van der Waals surface area contributed by atoms with Crippen LogP contribution in [0.25, 0.3) is 0 Å². The first kappa shape index (κ1) is 15.4. The molecule has 4 heteroatoms. The molecule has 0 atom stereocenters. The number of rotatable bonds is 7. The minimum atomic E-state index is 0.202. The normalized spacial score (nSPS) is 10.8. The van der Waals surface area contributed by atoms with E-state index >= 15 is 0 Å². The van der Waals surface area contributed by atoms with Gasteiger partial charge < -0.3 is 5.73 Å². The topological polar surface area (TPSA) is 60.9 Å². The van der Waals surface area contributed by atoms with Gasteiger partial charge in [0.15, 0.2) is 0 Å². The molecule has 1 aromatic carbocycles. The molecule has 21 heavy (non-hydrogen) atoms. The zero-order valence-electron chi connectivity index (χ0n) is 12.8. The number of aryl methyl sites for hydroxylation is 2. The molecule has 0 amide bonds. The van der Waals surface area contributed by atoms with Crippen molar-refractivity contribution in [2.45, 2.75) is 46.2 Å². The van der Waals surface area contributed by atoms with Crippen LogP contribution < -0.4 is 5.73 Å². The molecule has 0 radical (unpaired) electrons. The Morgan fingerprint density at radius 1 is 1.19 bits per heavy atom. The number of carbonyl (C=O) groups excluding carboxylic acids is 1. The second-order valence-corrected chi connectivity index (χ2v) is 5.16. The van der Waals surface area contributed by atoms with Crippen LogP contribution in [-0.2, 0) is 37.1 Å². The molecule has 0 saturated carbocycles. The Labute approximate surface area is 126 Å². The molecule has 112 valence electrons. The Kier molecular flexibility index (Phi) is 5.28. The number of carbonyl (C=O) groups is 1.